The van der Waals surface area contributed by atoms with Crippen molar-refractivity contribution < 1.29 is 27.6 Å². The number of rotatable bonds is 5. The van der Waals surface area contributed by atoms with E-state index in [9.17, 15) is 23.2 Å². The van der Waals surface area contributed by atoms with Crippen molar-refractivity contribution in [1.82, 2.24) is 4.90 Å². The zero-order valence-corrected chi connectivity index (χ0v) is 17.7. The molecule has 0 saturated carbocycles. The van der Waals surface area contributed by atoms with Crippen molar-refractivity contribution in [3.05, 3.63) is 81.9 Å². The summed E-state index contributed by atoms with van der Waals surface area (Å²) in [6, 6.07) is 13.0. The quantitative estimate of drug-likeness (QED) is 0.490. The first-order valence-electron chi connectivity index (χ1n) is 9.16. The normalized spacial score (nSPS) is 15.0. The molecule has 0 spiro atoms. The molecule has 4 rings (SSSR count). The Morgan fingerprint density at radius 1 is 1.09 bits per heavy atom. The summed E-state index contributed by atoms with van der Waals surface area (Å²) < 4.78 is 32.4. The highest BCUT2D eigenvalue weighted by Gasteiger charge is 2.36. The maximum Gasteiger partial charge on any atom is 0.294 e. The molecule has 0 atom stereocenters. The molecule has 32 heavy (non-hydrogen) atoms. The molecule has 1 saturated heterocycles. The lowest BCUT2D eigenvalue weighted by molar-refractivity contribution is -0.127. The van der Waals surface area contributed by atoms with Crippen molar-refractivity contribution >= 4 is 52.2 Å². The molecule has 0 bridgehead atoms. The minimum Gasteiger partial charge on any atom is -0.457 e. The summed E-state index contributed by atoms with van der Waals surface area (Å²) in [7, 11) is 0. The van der Waals surface area contributed by atoms with E-state index in [1.807, 2.05) is 0 Å². The van der Waals surface area contributed by atoms with Crippen molar-refractivity contribution in [2.45, 2.75) is 0 Å². The number of imide groups is 1. The predicted octanol–water partition coefficient (Wildman–Crippen LogP) is 5.55. The van der Waals surface area contributed by atoms with Gasteiger partial charge in [-0.15, -0.1) is 0 Å². The molecule has 1 N–H and O–H groups in total. The van der Waals surface area contributed by atoms with Crippen LogP contribution in [0.2, 0.25) is 5.02 Å². The standard InChI is InChI=1S/C22H13ClF2N2O4S/c23-13-3-1-12(2-4-13)18-8-6-15(31-18)10-19-21(29)27(22(30)32-19)11-20(28)26-17-7-5-14(24)9-16(17)25/h1-10H,11H2,(H,26,28)/b19-10+. The van der Waals surface area contributed by atoms with Crippen LogP contribution in [-0.4, -0.2) is 28.5 Å². The van der Waals surface area contributed by atoms with E-state index >= 15 is 0 Å². The van der Waals surface area contributed by atoms with Gasteiger partial charge in [0, 0.05) is 22.7 Å². The number of amides is 3. The van der Waals surface area contributed by atoms with Gasteiger partial charge in [-0.25, -0.2) is 8.78 Å². The fourth-order valence-corrected chi connectivity index (χ4v) is 3.83. The van der Waals surface area contributed by atoms with E-state index in [2.05, 4.69) is 5.32 Å². The van der Waals surface area contributed by atoms with Crippen LogP contribution < -0.4 is 5.32 Å². The van der Waals surface area contributed by atoms with Crippen LogP contribution >= 0.6 is 23.4 Å². The first-order valence-corrected chi connectivity index (χ1v) is 10.4. The van der Waals surface area contributed by atoms with Gasteiger partial charge in [0.2, 0.25) is 5.91 Å². The second-order valence-electron chi connectivity index (χ2n) is 6.65. The number of halogens is 3. The van der Waals surface area contributed by atoms with E-state index in [0.29, 0.717) is 34.4 Å². The zero-order valence-electron chi connectivity index (χ0n) is 16.1. The molecule has 6 nitrogen and oxygen atoms in total. The van der Waals surface area contributed by atoms with Crippen molar-refractivity contribution in [2.75, 3.05) is 11.9 Å². The van der Waals surface area contributed by atoms with Crippen molar-refractivity contribution in [3.63, 3.8) is 0 Å². The topological polar surface area (TPSA) is 79.6 Å². The summed E-state index contributed by atoms with van der Waals surface area (Å²) in [5.74, 6) is -2.36. The molecular weight excluding hydrogens is 462 g/mol. The largest absolute Gasteiger partial charge is 0.457 e. The Bertz CT molecular complexity index is 1260. The van der Waals surface area contributed by atoms with Gasteiger partial charge in [0.05, 0.1) is 10.6 Å². The van der Waals surface area contributed by atoms with Crippen LogP contribution in [0.15, 0.2) is 63.9 Å². The Morgan fingerprint density at radius 3 is 2.56 bits per heavy atom. The third-order valence-electron chi connectivity index (χ3n) is 4.41. The fourth-order valence-electron chi connectivity index (χ4n) is 2.89. The van der Waals surface area contributed by atoms with Crippen LogP contribution in [0.25, 0.3) is 17.4 Å². The molecule has 1 aliphatic heterocycles. The predicted molar refractivity (Wildman–Crippen MR) is 117 cm³/mol. The number of hydrogen-bond acceptors (Lipinski definition) is 5. The molecular formula is C22H13ClF2N2O4S. The Balaban J connectivity index is 1.45. The van der Waals surface area contributed by atoms with Crippen molar-refractivity contribution in [2.24, 2.45) is 0 Å². The summed E-state index contributed by atoms with van der Waals surface area (Å²) >= 11 is 6.53. The van der Waals surface area contributed by atoms with Gasteiger partial charge in [0.25, 0.3) is 11.1 Å². The second-order valence-corrected chi connectivity index (χ2v) is 8.08. The molecule has 0 unspecified atom stereocenters. The Labute approximate surface area is 189 Å². The number of carbonyl (C=O) groups is 3. The number of thioether (sulfide) groups is 1. The van der Waals surface area contributed by atoms with Crippen LogP contribution in [0.5, 0.6) is 0 Å². The number of carbonyl (C=O) groups excluding carboxylic acids is 3. The van der Waals surface area contributed by atoms with Gasteiger partial charge in [0.15, 0.2) is 0 Å². The van der Waals surface area contributed by atoms with Crippen LogP contribution in [-0.2, 0) is 9.59 Å². The molecule has 10 heteroatoms. The maximum atomic E-state index is 13.7. The van der Waals surface area contributed by atoms with Gasteiger partial charge >= 0.3 is 0 Å². The van der Waals surface area contributed by atoms with Crippen LogP contribution in [0.3, 0.4) is 0 Å². The number of benzene rings is 2. The molecule has 1 fully saturated rings. The molecule has 3 aromatic rings. The van der Waals surface area contributed by atoms with Crippen LogP contribution in [0.4, 0.5) is 19.3 Å². The number of nitrogens with zero attached hydrogens (tertiary/aromatic N) is 1. The fraction of sp³-hybridized carbons (Fsp3) is 0.0455. The lowest BCUT2D eigenvalue weighted by Crippen LogP contribution is -2.36. The Kier molecular flexibility index (Phi) is 6.11. The van der Waals surface area contributed by atoms with E-state index in [1.54, 1.807) is 36.4 Å². The van der Waals surface area contributed by atoms with Gasteiger partial charge in [-0.3, -0.25) is 19.3 Å². The van der Waals surface area contributed by atoms with E-state index in [1.165, 1.54) is 6.08 Å². The lowest BCUT2D eigenvalue weighted by atomic mass is 10.2. The van der Waals surface area contributed by atoms with Gasteiger partial charge in [-0.2, -0.15) is 0 Å². The van der Waals surface area contributed by atoms with Crippen molar-refractivity contribution in [1.29, 1.82) is 0 Å². The monoisotopic (exact) mass is 474 g/mol. The average molecular weight is 475 g/mol. The molecule has 3 amide bonds. The summed E-state index contributed by atoms with van der Waals surface area (Å²) in [5, 5.41) is 2.14. The highest BCUT2D eigenvalue weighted by molar-refractivity contribution is 8.18. The second kappa shape index (κ2) is 8.97. The SMILES string of the molecule is O=C(CN1C(=O)S/C(=C/c2ccc(-c3ccc(Cl)cc3)o2)C1=O)Nc1ccc(F)cc1F. The van der Waals surface area contributed by atoms with E-state index in [4.69, 9.17) is 16.0 Å². The lowest BCUT2D eigenvalue weighted by Gasteiger charge is -2.12. The molecule has 2 aromatic carbocycles. The molecule has 1 aromatic heterocycles. The summed E-state index contributed by atoms with van der Waals surface area (Å²) in [6.07, 6.45) is 1.40. The number of hydrogen-bond donors (Lipinski definition) is 1. The van der Waals surface area contributed by atoms with Gasteiger partial charge in [-0.1, -0.05) is 11.6 Å². The summed E-state index contributed by atoms with van der Waals surface area (Å²) in [6.45, 7) is -0.618. The van der Waals surface area contributed by atoms with E-state index in [-0.39, 0.29) is 10.6 Å². The van der Waals surface area contributed by atoms with Crippen LogP contribution in [0, 0.1) is 11.6 Å². The molecule has 162 valence electrons. The third-order valence-corrected chi connectivity index (χ3v) is 5.57. The van der Waals surface area contributed by atoms with Gasteiger partial charge < -0.3 is 9.73 Å². The number of nitrogens with one attached hydrogen (secondary N) is 1. The van der Waals surface area contributed by atoms with Gasteiger partial charge in [0.1, 0.15) is 29.7 Å². The first-order chi connectivity index (χ1) is 15.3. The summed E-state index contributed by atoms with van der Waals surface area (Å²) in [4.78, 5) is 37.8. The first kappa shape index (κ1) is 21.8. The van der Waals surface area contributed by atoms with Crippen molar-refractivity contribution in [3.8, 4) is 11.3 Å². The van der Waals surface area contributed by atoms with Gasteiger partial charge in [-0.05, 0) is 60.3 Å². The Hall–Kier alpha value is -3.43. The highest BCUT2D eigenvalue weighted by atomic mass is 35.5. The Morgan fingerprint density at radius 2 is 1.84 bits per heavy atom. The summed E-state index contributed by atoms with van der Waals surface area (Å²) in [5.41, 5.74) is 0.524. The minimum absolute atomic E-state index is 0.0766. The number of furan rings is 1. The maximum absolute atomic E-state index is 13.7. The highest BCUT2D eigenvalue weighted by Crippen LogP contribution is 2.33. The zero-order chi connectivity index (χ0) is 22.8. The average Bonchev–Trinajstić information content (AvgIpc) is 3.31. The smallest absolute Gasteiger partial charge is 0.294 e. The van der Waals surface area contributed by atoms with E-state index < -0.39 is 35.2 Å². The van der Waals surface area contributed by atoms with Crippen LogP contribution in [0.1, 0.15) is 5.76 Å². The molecule has 2 heterocycles. The molecule has 0 radical (unpaired) electrons. The minimum atomic E-state index is -0.971. The third kappa shape index (κ3) is 4.74. The molecule has 0 aliphatic carbocycles. The molecule has 1 aliphatic rings. The number of anilines is 1. The van der Waals surface area contributed by atoms with E-state index in [0.717, 1.165) is 22.6 Å².